The largest absolute Gasteiger partial charge is 0.389 e. The lowest BCUT2D eigenvalue weighted by atomic mass is 10.1. The topological polar surface area (TPSA) is 57.6 Å². The van der Waals surface area contributed by atoms with E-state index in [0.717, 1.165) is 6.42 Å². The second-order valence-corrected chi connectivity index (χ2v) is 6.98. The smallest absolute Gasteiger partial charge is 0.214 e. The SMILES string of the molecule is CCC(C)CS(=O)(=O)N(C)CC(C)(C)O. The van der Waals surface area contributed by atoms with E-state index in [0.29, 0.717) is 0 Å². The molecule has 1 N–H and O–H groups in total. The predicted octanol–water partition coefficient (Wildman–Crippen LogP) is 1.06. The first-order valence-electron chi connectivity index (χ1n) is 5.25. The molecule has 0 aliphatic heterocycles. The van der Waals surface area contributed by atoms with E-state index in [9.17, 15) is 13.5 Å². The molecule has 0 amide bonds. The van der Waals surface area contributed by atoms with E-state index in [1.807, 2.05) is 13.8 Å². The Morgan fingerprint density at radius 3 is 2.20 bits per heavy atom. The van der Waals surface area contributed by atoms with Crippen LogP contribution >= 0.6 is 0 Å². The van der Waals surface area contributed by atoms with Crippen molar-refractivity contribution in [2.24, 2.45) is 5.92 Å². The second kappa shape index (κ2) is 5.27. The summed E-state index contributed by atoms with van der Waals surface area (Å²) in [5, 5.41) is 9.54. The minimum absolute atomic E-state index is 0.131. The summed E-state index contributed by atoms with van der Waals surface area (Å²) in [6.45, 7) is 7.21. The van der Waals surface area contributed by atoms with Gasteiger partial charge in [0.2, 0.25) is 10.0 Å². The standard InChI is InChI=1S/C10H23NO3S/c1-6-9(2)7-15(13,14)11(5)8-10(3,4)12/h9,12H,6-8H2,1-5H3. The molecule has 15 heavy (non-hydrogen) atoms. The molecule has 0 fully saturated rings. The number of rotatable bonds is 6. The van der Waals surface area contributed by atoms with Crippen LogP contribution in [0.25, 0.3) is 0 Å². The van der Waals surface area contributed by atoms with E-state index in [4.69, 9.17) is 0 Å². The number of hydrogen-bond acceptors (Lipinski definition) is 3. The van der Waals surface area contributed by atoms with Gasteiger partial charge in [-0.15, -0.1) is 0 Å². The Bertz CT molecular complexity index is 280. The van der Waals surface area contributed by atoms with E-state index in [2.05, 4.69) is 0 Å². The van der Waals surface area contributed by atoms with Gasteiger partial charge in [-0.3, -0.25) is 0 Å². The van der Waals surface area contributed by atoms with E-state index in [1.54, 1.807) is 13.8 Å². The van der Waals surface area contributed by atoms with E-state index in [-0.39, 0.29) is 18.2 Å². The fourth-order valence-corrected chi connectivity index (χ4v) is 2.97. The third-order valence-electron chi connectivity index (χ3n) is 2.28. The normalized spacial score (nSPS) is 15.7. The molecule has 0 aliphatic rings. The van der Waals surface area contributed by atoms with E-state index < -0.39 is 15.6 Å². The molecule has 0 aromatic heterocycles. The van der Waals surface area contributed by atoms with Gasteiger partial charge in [0, 0.05) is 13.6 Å². The van der Waals surface area contributed by atoms with Gasteiger partial charge in [0.15, 0.2) is 0 Å². The van der Waals surface area contributed by atoms with E-state index >= 15 is 0 Å². The monoisotopic (exact) mass is 237 g/mol. The van der Waals surface area contributed by atoms with Crippen molar-refractivity contribution >= 4 is 10.0 Å². The van der Waals surface area contributed by atoms with Crippen LogP contribution in [-0.4, -0.2) is 42.8 Å². The zero-order valence-corrected chi connectivity index (χ0v) is 11.1. The second-order valence-electron chi connectivity index (χ2n) is 4.86. The highest BCUT2D eigenvalue weighted by Gasteiger charge is 2.25. The van der Waals surface area contributed by atoms with Crippen molar-refractivity contribution in [2.45, 2.75) is 39.7 Å². The van der Waals surface area contributed by atoms with Crippen molar-refractivity contribution in [3.63, 3.8) is 0 Å². The Hall–Kier alpha value is -0.130. The predicted molar refractivity (Wildman–Crippen MR) is 62.2 cm³/mol. The van der Waals surface area contributed by atoms with Crippen LogP contribution in [-0.2, 0) is 10.0 Å². The van der Waals surface area contributed by atoms with Gasteiger partial charge in [0.1, 0.15) is 0 Å². The van der Waals surface area contributed by atoms with Gasteiger partial charge < -0.3 is 5.11 Å². The van der Waals surface area contributed by atoms with Crippen LogP contribution in [0.3, 0.4) is 0 Å². The Labute approximate surface area is 93.3 Å². The highest BCUT2D eigenvalue weighted by Crippen LogP contribution is 2.12. The molecule has 5 heteroatoms. The van der Waals surface area contributed by atoms with Crippen LogP contribution in [0, 0.1) is 5.92 Å². The number of sulfonamides is 1. The molecule has 0 aromatic rings. The van der Waals surface area contributed by atoms with Gasteiger partial charge in [0.05, 0.1) is 11.4 Å². The minimum Gasteiger partial charge on any atom is -0.389 e. The molecule has 0 aromatic carbocycles. The van der Waals surface area contributed by atoms with Gasteiger partial charge >= 0.3 is 0 Å². The van der Waals surface area contributed by atoms with Gasteiger partial charge in [-0.2, -0.15) is 0 Å². The summed E-state index contributed by atoms with van der Waals surface area (Å²) < 4.78 is 24.8. The zero-order valence-electron chi connectivity index (χ0n) is 10.3. The molecule has 0 aliphatic carbocycles. The number of nitrogens with zero attached hydrogens (tertiary/aromatic N) is 1. The third kappa shape index (κ3) is 6.12. The molecule has 92 valence electrons. The summed E-state index contributed by atoms with van der Waals surface area (Å²) in [6.07, 6.45) is 0.843. The van der Waals surface area contributed by atoms with Crippen molar-refractivity contribution in [1.82, 2.24) is 4.31 Å². The maximum atomic E-state index is 11.8. The molecule has 0 bridgehead atoms. The maximum Gasteiger partial charge on any atom is 0.214 e. The first-order valence-corrected chi connectivity index (χ1v) is 6.86. The maximum absolute atomic E-state index is 11.8. The Morgan fingerprint density at radius 2 is 1.87 bits per heavy atom. The van der Waals surface area contributed by atoms with Crippen LogP contribution in [0.2, 0.25) is 0 Å². The Morgan fingerprint density at radius 1 is 1.40 bits per heavy atom. The van der Waals surface area contributed by atoms with Gasteiger partial charge in [0.25, 0.3) is 0 Å². The van der Waals surface area contributed by atoms with Crippen LogP contribution in [0.5, 0.6) is 0 Å². The lowest BCUT2D eigenvalue weighted by molar-refractivity contribution is 0.0639. The average molecular weight is 237 g/mol. The molecule has 0 radical (unpaired) electrons. The van der Waals surface area contributed by atoms with Crippen LogP contribution in [0.15, 0.2) is 0 Å². The van der Waals surface area contributed by atoms with Crippen molar-refractivity contribution in [3.05, 3.63) is 0 Å². The third-order valence-corrected chi connectivity index (χ3v) is 4.35. The van der Waals surface area contributed by atoms with Crippen molar-refractivity contribution in [2.75, 3.05) is 19.3 Å². The van der Waals surface area contributed by atoms with Gasteiger partial charge in [-0.25, -0.2) is 12.7 Å². The quantitative estimate of drug-likeness (QED) is 0.751. The summed E-state index contributed by atoms with van der Waals surface area (Å²) in [6, 6.07) is 0. The van der Waals surface area contributed by atoms with E-state index in [1.165, 1.54) is 11.4 Å². The van der Waals surface area contributed by atoms with Gasteiger partial charge in [-0.05, 0) is 19.8 Å². The average Bonchev–Trinajstić information content (AvgIpc) is 2.00. The molecular weight excluding hydrogens is 214 g/mol. The molecule has 0 spiro atoms. The highest BCUT2D eigenvalue weighted by atomic mass is 32.2. The summed E-state index contributed by atoms with van der Waals surface area (Å²) in [7, 11) is -1.72. The van der Waals surface area contributed by atoms with Crippen molar-refractivity contribution in [1.29, 1.82) is 0 Å². The molecular formula is C10H23NO3S. The lowest BCUT2D eigenvalue weighted by Gasteiger charge is -2.26. The van der Waals surface area contributed by atoms with Crippen molar-refractivity contribution in [3.8, 4) is 0 Å². The van der Waals surface area contributed by atoms with Crippen molar-refractivity contribution < 1.29 is 13.5 Å². The van der Waals surface area contributed by atoms with Crippen LogP contribution in [0.4, 0.5) is 0 Å². The summed E-state index contributed by atoms with van der Waals surface area (Å²) in [5.41, 5.74) is -0.989. The highest BCUT2D eigenvalue weighted by molar-refractivity contribution is 7.89. The molecule has 0 rings (SSSR count). The summed E-state index contributed by atoms with van der Waals surface area (Å²) in [5.74, 6) is 0.301. The molecule has 1 unspecified atom stereocenters. The molecule has 0 saturated carbocycles. The minimum atomic E-state index is -3.23. The Balaban J connectivity index is 4.47. The van der Waals surface area contributed by atoms with Crippen LogP contribution < -0.4 is 0 Å². The summed E-state index contributed by atoms with van der Waals surface area (Å²) in [4.78, 5) is 0. The number of hydrogen-bond donors (Lipinski definition) is 1. The molecule has 1 atom stereocenters. The summed E-state index contributed by atoms with van der Waals surface area (Å²) >= 11 is 0. The fraction of sp³-hybridized carbons (Fsp3) is 1.00. The number of likely N-dealkylation sites (N-methyl/N-ethyl adjacent to an activating group) is 1. The molecule has 0 heterocycles. The first kappa shape index (κ1) is 14.9. The first-order chi connectivity index (χ1) is 6.58. The Kier molecular flexibility index (Phi) is 5.23. The zero-order chi connectivity index (χ0) is 12.3. The van der Waals surface area contributed by atoms with Gasteiger partial charge in [-0.1, -0.05) is 20.3 Å². The fourth-order valence-electron chi connectivity index (χ4n) is 1.25. The number of aliphatic hydroxyl groups is 1. The molecule has 4 nitrogen and oxygen atoms in total. The molecule has 0 saturated heterocycles. The lowest BCUT2D eigenvalue weighted by Crippen LogP contribution is -2.41. The van der Waals surface area contributed by atoms with Crippen LogP contribution in [0.1, 0.15) is 34.1 Å².